The van der Waals surface area contributed by atoms with E-state index in [0.29, 0.717) is 0 Å². The van der Waals surface area contributed by atoms with Crippen LogP contribution in [0.1, 0.15) is 103 Å². The molecule has 0 N–H and O–H groups in total. The van der Waals surface area contributed by atoms with E-state index in [1.807, 2.05) is 0 Å². The van der Waals surface area contributed by atoms with E-state index in [-0.39, 0.29) is 28.4 Å². The fraction of sp³-hybridized carbons (Fsp3) is 0.296. The molecule has 0 saturated heterocycles. The van der Waals surface area contributed by atoms with Crippen LogP contribution in [0.25, 0.3) is 22.1 Å². The van der Waals surface area contributed by atoms with Crippen molar-refractivity contribution in [2.24, 2.45) is 0 Å². The highest BCUT2D eigenvalue weighted by atomic mass is 16.3. The fourth-order valence-corrected chi connectivity index (χ4v) is 11.2. The maximum atomic E-state index is 7.26. The van der Waals surface area contributed by atoms with Gasteiger partial charge in [0.05, 0.1) is 11.3 Å². The standard InChI is InChI=1S/C54H53BN2O/c1-51(2)27-29-53(5,6)41-32-35(21-24-39(41)51)34-22-26-47-38(31-34)49-50(58-47)55-43-17-12-13-18-44(43)56(36-15-10-9-11-16-36)45-19-14-20-46(48(45)55)57(49)37-23-25-40-42(33-37)54(7,8)30-28-52(40,3)4/h9-26,31-33H,27-30H2,1-8H3. The molecule has 3 nitrogen and oxygen atoms in total. The van der Waals surface area contributed by atoms with Crippen LogP contribution in [0, 0.1) is 0 Å². The van der Waals surface area contributed by atoms with E-state index in [4.69, 9.17) is 4.42 Å². The van der Waals surface area contributed by atoms with E-state index in [2.05, 4.69) is 193 Å². The van der Waals surface area contributed by atoms with Crippen molar-refractivity contribution in [2.45, 2.75) is 103 Å². The number of hydrogen-bond donors (Lipinski definition) is 0. The maximum absolute atomic E-state index is 7.26. The predicted molar refractivity (Wildman–Crippen MR) is 246 cm³/mol. The zero-order valence-electron chi connectivity index (χ0n) is 35.3. The molecular weight excluding hydrogens is 703 g/mol. The number of para-hydroxylation sites is 2. The zero-order valence-corrected chi connectivity index (χ0v) is 35.3. The van der Waals surface area contributed by atoms with Crippen molar-refractivity contribution in [2.75, 3.05) is 9.80 Å². The van der Waals surface area contributed by atoms with E-state index in [1.54, 1.807) is 0 Å². The first-order valence-electron chi connectivity index (χ1n) is 21.5. The topological polar surface area (TPSA) is 19.6 Å². The van der Waals surface area contributed by atoms with Crippen LogP contribution in [0.15, 0.2) is 132 Å². The summed E-state index contributed by atoms with van der Waals surface area (Å²) in [6, 6.07) is 48.2. The van der Waals surface area contributed by atoms with Crippen LogP contribution in [-0.4, -0.2) is 6.71 Å². The molecule has 0 fully saturated rings. The first kappa shape index (κ1) is 35.7. The summed E-state index contributed by atoms with van der Waals surface area (Å²) in [7, 11) is 0. The third kappa shape index (κ3) is 5.06. The van der Waals surface area contributed by atoms with Gasteiger partial charge in [0.15, 0.2) is 0 Å². The second-order valence-electron chi connectivity index (χ2n) is 20.3. The van der Waals surface area contributed by atoms with Crippen LogP contribution in [0.2, 0.25) is 0 Å². The minimum atomic E-state index is -0.0655. The minimum absolute atomic E-state index is 0.0655. The van der Waals surface area contributed by atoms with Crippen molar-refractivity contribution in [3.05, 3.63) is 150 Å². The number of benzene rings is 6. The summed E-state index contributed by atoms with van der Waals surface area (Å²) < 4.78 is 7.26. The molecule has 0 saturated carbocycles. The van der Waals surface area contributed by atoms with Gasteiger partial charge >= 0.3 is 0 Å². The number of anilines is 6. The molecule has 7 aromatic rings. The van der Waals surface area contributed by atoms with Crippen molar-refractivity contribution in [1.29, 1.82) is 0 Å². The Balaban J connectivity index is 1.18. The van der Waals surface area contributed by atoms with Gasteiger partial charge in [-0.1, -0.05) is 128 Å². The Bertz CT molecular complexity index is 2820. The highest BCUT2D eigenvalue weighted by Gasteiger charge is 2.47. The Labute approximate surface area is 344 Å². The lowest BCUT2D eigenvalue weighted by atomic mass is 9.35. The molecular formula is C54H53BN2O. The number of hydrogen-bond acceptors (Lipinski definition) is 3. The molecule has 0 unspecified atom stereocenters. The second-order valence-corrected chi connectivity index (χ2v) is 20.3. The van der Waals surface area contributed by atoms with E-state index < -0.39 is 0 Å². The lowest BCUT2D eigenvalue weighted by Gasteiger charge is -2.44. The number of nitrogens with zero attached hydrogens (tertiary/aromatic N) is 2. The van der Waals surface area contributed by atoms with Gasteiger partial charge in [-0.15, -0.1) is 0 Å². The Morgan fingerprint density at radius 2 is 1.02 bits per heavy atom. The average molecular weight is 757 g/mol. The van der Waals surface area contributed by atoms with E-state index in [1.165, 1.54) is 92.7 Å². The van der Waals surface area contributed by atoms with Gasteiger partial charge in [0, 0.05) is 33.8 Å². The molecule has 0 spiro atoms. The van der Waals surface area contributed by atoms with Crippen LogP contribution in [-0.2, 0) is 21.7 Å². The average Bonchev–Trinajstić information content (AvgIpc) is 3.60. The highest BCUT2D eigenvalue weighted by Crippen LogP contribution is 2.52. The summed E-state index contributed by atoms with van der Waals surface area (Å²) in [5.74, 6) is 0. The molecule has 2 aliphatic carbocycles. The minimum Gasteiger partial charge on any atom is -0.468 e. The van der Waals surface area contributed by atoms with Crippen LogP contribution in [0.3, 0.4) is 0 Å². The molecule has 0 atom stereocenters. The third-order valence-corrected chi connectivity index (χ3v) is 14.8. The lowest BCUT2D eigenvalue weighted by molar-refractivity contribution is 0.332. The van der Waals surface area contributed by atoms with Crippen LogP contribution in [0.5, 0.6) is 0 Å². The first-order valence-corrected chi connectivity index (χ1v) is 21.5. The Kier molecular flexibility index (Phi) is 7.40. The summed E-state index contributed by atoms with van der Waals surface area (Å²) in [6.07, 6.45) is 4.76. The molecule has 6 aromatic carbocycles. The smallest absolute Gasteiger partial charge is 0.297 e. The normalized spacial score (nSPS) is 18.9. The molecule has 4 aliphatic rings. The van der Waals surface area contributed by atoms with E-state index in [0.717, 1.165) is 28.0 Å². The second kappa shape index (κ2) is 12.0. The van der Waals surface area contributed by atoms with Gasteiger partial charge < -0.3 is 14.2 Å². The van der Waals surface area contributed by atoms with Crippen molar-refractivity contribution in [3.8, 4) is 11.1 Å². The molecule has 0 amide bonds. The molecule has 4 heteroatoms. The number of fused-ring (bicyclic) bond motifs is 8. The number of furan rings is 1. The van der Waals surface area contributed by atoms with Crippen molar-refractivity contribution in [1.82, 2.24) is 0 Å². The molecule has 0 radical (unpaired) electrons. The van der Waals surface area contributed by atoms with Crippen molar-refractivity contribution in [3.63, 3.8) is 0 Å². The maximum Gasteiger partial charge on any atom is 0.297 e. The van der Waals surface area contributed by atoms with Crippen LogP contribution in [0.4, 0.5) is 34.1 Å². The summed E-state index contributed by atoms with van der Waals surface area (Å²) in [4.78, 5) is 5.00. The predicted octanol–water partition coefficient (Wildman–Crippen LogP) is 12.9. The number of rotatable bonds is 3. The molecule has 288 valence electrons. The summed E-state index contributed by atoms with van der Waals surface area (Å²) in [5, 5.41) is 1.15. The van der Waals surface area contributed by atoms with Gasteiger partial charge in [0.2, 0.25) is 0 Å². The highest BCUT2D eigenvalue weighted by molar-refractivity contribution is 6.99. The molecule has 2 aliphatic heterocycles. The monoisotopic (exact) mass is 756 g/mol. The SMILES string of the molecule is CC1(C)CCC(C)(C)c2cc(-c3ccc4oc5c(c4c3)N(c3ccc4c(c3)C(C)(C)CCC4(C)C)c3cccc4c3B5c3ccccc3N4c3ccccc3)ccc21. The molecule has 0 bridgehead atoms. The van der Waals surface area contributed by atoms with E-state index in [9.17, 15) is 0 Å². The molecule has 11 rings (SSSR count). The summed E-state index contributed by atoms with van der Waals surface area (Å²) >= 11 is 0. The Hall–Kier alpha value is -5.48. The van der Waals surface area contributed by atoms with Gasteiger partial charge in [-0.05, 0) is 146 Å². The Morgan fingerprint density at radius 1 is 0.466 bits per heavy atom. The fourth-order valence-electron chi connectivity index (χ4n) is 11.2. The van der Waals surface area contributed by atoms with Gasteiger partial charge in [0.25, 0.3) is 6.71 Å². The molecule has 3 heterocycles. The lowest BCUT2D eigenvalue weighted by Crippen LogP contribution is -2.60. The molecule has 1 aromatic heterocycles. The van der Waals surface area contributed by atoms with Gasteiger partial charge in [-0.25, -0.2) is 0 Å². The quantitative estimate of drug-likeness (QED) is 0.167. The largest absolute Gasteiger partial charge is 0.468 e. The zero-order chi connectivity index (χ0) is 39.9. The van der Waals surface area contributed by atoms with Crippen molar-refractivity contribution < 1.29 is 4.42 Å². The van der Waals surface area contributed by atoms with Crippen LogP contribution >= 0.6 is 0 Å². The van der Waals surface area contributed by atoms with Crippen LogP contribution < -0.4 is 26.4 Å². The molecule has 58 heavy (non-hydrogen) atoms. The van der Waals surface area contributed by atoms with E-state index >= 15 is 0 Å². The third-order valence-electron chi connectivity index (χ3n) is 14.8. The van der Waals surface area contributed by atoms with Gasteiger partial charge in [-0.3, -0.25) is 0 Å². The summed E-state index contributed by atoms with van der Waals surface area (Å²) in [5.41, 5.74) is 20.5. The first-order chi connectivity index (χ1) is 27.7. The summed E-state index contributed by atoms with van der Waals surface area (Å²) in [6.45, 7) is 19.3. The van der Waals surface area contributed by atoms with Gasteiger partial charge in [-0.2, -0.15) is 0 Å². The van der Waals surface area contributed by atoms with Crippen molar-refractivity contribution >= 4 is 68.4 Å². The van der Waals surface area contributed by atoms with Gasteiger partial charge in [0.1, 0.15) is 5.58 Å². The Morgan fingerprint density at radius 3 is 1.72 bits per heavy atom.